The third-order valence-corrected chi connectivity index (χ3v) is 3.88. The summed E-state index contributed by atoms with van der Waals surface area (Å²) in [5, 5.41) is 3.14. The smallest absolute Gasteiger partial charge is 0.341 e. The number of halogens is 3. The third-order valence-electron chi connectivity index (χ3n) is 3.88. The molecule has 0 aromatic rings. The van der Waals surface area contributed by atoms with Gasteiger partial charge in [-0.1, -0.05) is 6.42 Å². The lowest BCUT2D eigenvalue weighted by molar-refractivity contribution is -0.186. The van der Waals surface area contributed by atoms with Gasteiger partial charge in [0.05, 0.1) is 12.0 Å². The molecule has 1 N–H and O–H groups in total. The Morgan fingerprint density at radius 3 is 2.28 bits per heavy atom. The molecule has 1 unspecified atom stereocenters. The van der Waals surface area contributed by atoms with Gasteiger partial charge in [0.25, 0.3) is 0 Å². The van der Waals surface area contributed by atoms with E-state index in [0.717, 1.165) is 25.8 Å². The molecule has 2 heterocycles. The predicted octanol–water partition coefficient (Wildman–Crippen LogP) is 1.93. The molecule has 0 aliphatic carbocycles. The van der Waals surface area contributed by atoms with Crippen molar-refractivity contribution < 1.29 is 18.0 Å². The predicted molar refractivity (Wildman–Crippen MR) is 61.0 cm³/mol. The molecule has 0 saturated carbocycles. The molecular weight excluding hydrogens is 245 g/mol. The van der Waals surface area contributed by atoms with E-state index in [1.807, 2.05) is 0 Å². The summed E-state index contributed by atoms with van der Waals surface area (Å²) in [5.41, 5.74) is 0. The third kappa shape index (κ3) is 3.16. The number of carbonyl (C=O) groups excluding carboxylic acids is 1. The summed E-state index contributed by atoms with van der Waals surface area (Å²) >= 11 is 0. The van der Waals surface area contributed by atoms with E-state index in [1.54, 1.807) is 4.90 Å². The summed E-state index contributed by atoms with van der Waals surface area (Å²) in [5.74, 6) is -1.25. The number of piperidine rings is 2. The highest BCUT2D eigenvalue weighted by Crippen LogP contribution is 2.34. The van der Waals surface area contributed by atoms with Gasteiger partial charge in [0.15, 0.2) is 0 Å². The standard InChI is InChI=1S/C12H19F3N2O/c13-12(14,15)9-4-7-17(8-5-9)11(18)10-3-1-2-6-16-10/h9-10,16H,1-8H2. The maximum absolute atomic E-state index is 12.5. The topological polar surface area (TPSA) is 32.3 Å². The highest BCUT2D eigenvalue weighted by molar-refractivity contribution is 5.82. The first-order valence-corrected chi connectivity index (χ1v) is 6.57. The van der Waals surface area contributed by atoms with Crippen molar-refractivity contribution in [3.63, 3.8) is 0 Å². The van der Waals surface area contributed by atoms with Crippen LogP contribution in [0.15, 0.2) is 0 Å². The zero-order valence-electron chi connectivity index (χ0n) is 10.3. The Hall–Kier alpha value is -0.780. The van der Waals surface area contributed by atoms with Gasteiger partial charge in [-0.05, 0) is 32.2 Å². The van der Waals surface area contributed by atoms with Crippen LogP contribution in [0, 0.1) is 5.92 Å². The Balaban J connectivity index is 1.83. The van der Waals surface area contributed by atoms with Gasteiger partial charge in [-0.25, -0.2) is 0 Å². The van der Waals surface area contributed by atoms with Gasteiger partial charge < -0.3 is 10.2 Å². The first-order valence-electron chi connectivity index (χ1n) is 6.57. The van der Waals surface area contributed by atoms with Crippen molar-refractivity contribution in [1.82, 2.24) is 10.2 Å². The Morgan fingerprint density at radius 1 is 1.11 bits per heavy atom. The molecule has 2 aliphatic rings. The minimum atomic E-state index is -4.11. The highest BCUT2D eigenvalue weighted by Gasteiger charge is 2.42. The molecule has 2 fully saturated rings. The van der Waals surface area contributed by atoms with Crippen LogP contribution in [0.25, 0.3) is 0 Å². The maximum atomic E-state index is 12.5. The van der Waals surface area contributed by atoms with Crippen molar-refractivity contribution in [3.8, 4) is 0 Å². The van der Waals surface area contributed by atoms with E-state index in [2.05, 4.69) is 5.32 Å². The van der Waals surface area contributed by atoms with Crippen molar-refractivity contribution in [2.24, 2.45) is 5.92 Å². The minimum absolute atomic E-state index is 0.0182. The Kier molecular flexibility index (Phi) is 4.14. The fraction of sp³-hybridized carbons (Fsp3) is 0.917. The molecule has 6 heteroatoms. The van der Waals surface area contributed by atoms with Crippen LogP contribution in [0.2, 0.25) is 0 Å². The number of nitrogens with one attached hydrogen (secondary N) is 1. The lowest BCUT2D eigenvalue weighted by Crippen LogP contribution is -2.51. The monoisotopic (exact) mass is 264 g/mol. The van der Waals surface area contributed by atoms with E-state index in [4.69, 9.17) is 0 Å². The van der Waals surface area contributed by atoms with Crippen LogP contribution in [0.3, 0.4) is 0 Å². The van der Waals surface area contributed by atoms with Crippen LogP contribution in [0.5, 0.6) is 0 Å². The van der Waals surface area contributed by atoms with Gasteiger partial charge >= 0.3 is 6.18 Å². The number of amides is 1. The summed E-state index contributed by atoms with van der Waals surface area (Å²) in [6.45, 7) is 1.30. The average molecular weight is 264 g/mol. The van der Waals surface area contributed by atoms with Crippen molar-refractivity contribution in [3.05, 3.63) is 0 Å². The molecule has 2 rings (SSSR count). The fourth-order valence-corrected chi connectivity index (χ4v) is 2.71. The maximum Gasteiger partial charge on any atom is 0.391 e. The summed E-state index contributed by atoms with van der Waals surface area (Å²) in [7, 11) is 0. The molecule has 3 nitrogen and oxygen atoms in total. The second kappa shape index (κ2) is 5.47. The van der Waals surface area contributed by atoms with Gasteiger partial charge in [-0.15, -0.1) is 0 Å². The summed E-state index contributed by atoms with van der Waals surface area (Å²) in [6, 6.07) is -0.179. The number of nitrogens with zero attached hydrogens (tertiary/aromatic N) is 1. The second-order valence-electron chi connectivity index (χ2n) is 5.14. The van der Waals surface area contributed by atoms with E-state index >= 15 is 0 Å². The Morgan fingerprint density at radius 2 is 1.78 bits per heavy atom. The Labute approximate surface area is 105 Å². The SMILES string of the molecule is O=C(C1CCCCN1)N1CCC(C(F)(F)F)CC1. The van der Waals surface area contributed by atoms with E-state index in [-0.39, 0.29) is 37.9 Å². The highest BCUT2D eigenvalue weighted by atomic mass is 19.4. The zero-order valence-corrected chi connectivity index (χ0v) is 10.3. The normalized spacial score (nSPS) is 27.3. The van der Waals surface area contributed by atoms with E-state index < -0.39 is 12.1 Å². The summed E-state index contributed by atoms with van der Waals surface area (Å²) in [6.07, 6.45) is -1.14. The number of hydrogen-bond donors (Lipinski definition) is 1. The van der Waals surface area contributed by atoms with Crippen LogP contribution in [0.1, 0.15) is 32.1 Å². The lowest BCUT2D eigenvalue weighted by Gasteiger charge is -2.36. The molecule has 0 radical (unpaired) electrons. The first kappa shape index (κ1) is 13.6. The van der Waals surface area contributed by atoms with Gasteiger partial charge in [-0.2, -0.15) is 13.2 Å². The van der Waals surface area contributed by atoms with E-state index in [0.29, 0.717) is 0 Å². The molecule has 0 aromatic carbocycles. The molecule has 0 spiro atoms. The van der Waals surface area contributed by atoms with Crippen molar-refractivity contribution in [2.45, 2.75) is 44.3 Å². The molecule has 1 atom stereocenters. The molecule has 2 saturated heterocycles. The molecule has 0 bridgehead atoms. The number of likely N-dealkylation sites (tertiary alicyclic amines) is 1. The van der Waals surface area contributed by atoms with Crippen LogP contribution >= 0.6 is 0 Å². The molecular formula is C12H19F3N2O. The van der Waals surface area contributed by atoms with Crippen molar-refractivity contribution >= 4 is 5.91 Å². The summed E-state index contributed by atoms with van der Waals surface area (Å²) in [4.78, 5) is 13.7. The fourth-order valence-electron chi connectivity index (χ4n) is 2.71. The van der Waals surface area contributed by atoms with Gasteiger partial charge in [0, 0.05) is 13.1 Å². The van der Waals surface area contributed by atoms with Gasteiger partial charge in [0.1, 0.15) is 0 Å². The minimum Gasteiger partial charge on any atom is -0.341 e. The second-order valence-corrected chi connectivity index (χ2v) is 5.14. The largest absolute Gasteiger partial charge is 0.391 e. The molecule has 1 amide bonds. The molecule has 18 heavy (non-hydrogen) atoms. The number of hydrogen-bond acceptors (Lipinski definition) is 2. The van der Waals surface area contributed by atoms with Crippen LogP contribution in [-0.2, 0) is 4.79 Å². The van der Waals surface area contributed by atoms with Crippen LogP contribution in [0.4, 0.5) is 13.2 Å². The zero-order chi connectivity index (χ0) is 13.2. The molecule has 104 valence electrons. The van der Waals surface area contributed by atoms with Gasteiger partial charge in [0.2, 0.25) is 5.91 Å². The Bertz CT molecular complexity index is 292. The molecule has 2 aliphatic heterocycles. The van der Waals surface area contributed by atoms with Crippen molar-refractivity contribution in [2.75, 3.05) is 19.6 Å². The average Bonchev–Trinajstić information content (AvgIpc) is 2.38. The number of alkyl halides is 3. The van der Waals surface area contributed by atoms with Gasteiger partial charge in [-0.3, -0.25) is 4.79 Å². The van der Waals surface area contributed by atoms with E-state index in [9.17, 15) is 18.0 Å². The van der Waals surface area contributed by atoms with Crippen LogP contribution < -0.4 is 5.32 Å². The first-order chi connectivity index (χ1) is 8.48. The van der Waals surface area contributed by atoms with Crippen molar-refractivity contribution in [1.29, 1.82) is 0 Å². The van der Waals surface area contributed by atoms with E-state index in [1.165, 1.54) is 0 Å². The number of rotatable bonds is 1. The van der Waals surface area contributed by atoms with Crippen LogP contribution in [-0.4, -0.2) is 42.7 Å². The summed E-state index contributed by atoms with van der Waals surface area (Å²) < 4.78 is 37.5. The quantitative estimate of drug-likeness (QED) is 0.785. The lowest BCUT2D eigenvalue weighted by atomic mass is 9.95. The molecule has 0 aromatic heterocycles. The number of carbonyl (C=O) groups is 1.